The van der Waals surface area contributed by atoms with Gasteiger partial charge < -0.3 is 15.4 Å². The van der Waals surface area contributed by atoms with E-state index in [1.807, 2.05) is 45.0 Å². The molecule has 0 aromatic heterocycles. The second-order valence-corrected chi connectivity index (χ2v) is 8.55. The van der Waals surface area contributed by atoms with Gasteiger partial charge in [0.2, 0.25) is 5.91 Å². The first kappa shape index (κ1) is 22.8. The molecule has 0 aliphatic heterocycles. The molecule has 0 unspecified atom stereocenters. The molecule has 2 amide bonds. The third-order valence-corrected chi connectivity index (χ3v) is 5.97. The Morgan fingerprint density at radius 1 is 1.00 bits per heavy atom. The number of esters is 1. The molecular formula is C24H27ClN2O4. The minimum atomic E-state index is -0.720. The van der Waals surface area contributed by atoms with E-state index >= 15 is 0 Å². The number of halogens is 1. The second-order valence-electron chi connectivity index (χ2n) is 8.12. The molecule has 0 saturated heterocycles. The summed E-state index contributed by atoms with van der Waals surface area (Å²) in [7, 11) is 0. The quantitative estimate of drug-likeness (QED) is 0.635. The standard InChI is InChI=1S/C24H27ClN2O4/c1-15-11-16(2)22(17(3)12-15)27-20(28)13-26-21(29)14-31-23(30)24(9-4-10-24)18-5-7-19(25)8-6-18/h5-8,11-12H,4,9-10,13-14H2,1-3H3,(H,26,29)(H,27,28). The molecule has 7 heteroatoms. The van der Waals surface area contributed by atoms with Crippen LogP contribution in [0, 0.1) is 20.8 Å². The predicted molar refractivity (Wildman–Crippen MR) is 120 cm³/mol. The van der Waals surface area contributed by atoms with Crippen LogP contribution in [0.3, 0.4) is 0 Å². The maximum atomic E-state index is 12.7. The summed E-state index contributed by atoms with van der Waals surface area (Å²) in [6.07, 6.45) is 2.27. The molecule has 3 rings (SSSR count). The number of hydrogen-bond donors (Lipinski definition) is 2. The molecule has 2 N–H and O–H groups in total. The molecule has 1 aliphatic carbocycles. The molecule has 164 valence electrons. The molecule has 31 heavy (non-hydrogen) atoms. The van der Waals surface area contributed by atoms with Crippen molar-refractivity contribution < 1.29 is 19.1 Å². The number of aryl methyl sites for hydroxylation is 3. The summed E-state index contributed by atoms with van der Waals surface area (Å²) in [5.41, 5.74) is 3.90. The number of amides is 2. The fraction of sp³-hybridized carbons (Fsp3) is 0.375. The first-order valence-electron chi connectivity index (χ1n) is 10.3. The van der Waals surface area contributed by atoms with Gasteiger partial charge >= 0.3 is 5.97 Å². The van der Waals surface area contributed by atoms with Crippen LogP contribution < -0.4 is 10.6 Å². The van der Waals surface area contributed by atoms with Crippen LogP contribution in [0.2, 0.25) is 5.02 Å². The van der Waals surface area contributed by atoms with E-state index in [0.717, 1.165) is 34.4 Å². The maximum absolute atomic E-state index is 12.7. The lowest BCUT2D eigenvalue weighted by Gasteiger charge is -2.39. The third kappa shape index (κ3) is 5.25. The Bertz CT molecular complexity index is 974. The molecule has 2 aromatic rings. The average Bonchev–Trinajstić information content (AvgIpc) is 2.68. The molecule has 0 atom stereocenters. The molecular weight excluding hydrogens is 416 g/mol. The Morgan fingerprint density at radius 2 is 1.61 bits per heavy atom. The highest BCUT2D eigenvalue weighted by Gasteiger charge is 2.47. The van der Waals surface area contributed by atoms with E-state index in [4.69, 9.17) is 16.3 Å². The first-order valence-corrected chi connectivity index (χ1v) is 10.7. The van der Waals surface area contributed by atoms with Gasteiger partial charge in [-0.2, -0.15) is 0 Å². The fourth-order valence-corrected chi connectivity index (χ4v) is 4.10. The lowest BCUT2D eigenvalue weighted by Crippen LogP contribution is -2.45. The first-order chi connectivity index (χ1) is 14.7. The van der Waals surface area contributed by atoms with Gasteiger partial charge in [-0.1, -0.05) is 47.9 Å². The summed E-state index contributed by atoms with van der Waals surface area (Å²) in [6, 6.07) is 11.1. The Labute approximate surface area is 187 Å². The summed E-state index contributed by atoms with van der Waals surface area (Å²) >= 11 is 5.94. The molecule has 1 fully saturated rings. The number of ether oxygens (including phenoxy) is 1. The van der Waals surface area contributed by atoms with Crippen molar-refractivity contribution in [2.75, 3.05) is 18.5 Å². The maximum Gasteiger partial charge on any atom is 0.317 e. The summed E-state index contributed by atoms with van der Waals surface area (Å²) < 4.78 is 5.28. The molecule has 1 saturated carbocycles. The number of hydrogen-bond acceptors (Lipinski definition) is 4. The zero-order valence-electron chi connectivity index (χ0n) is 18.0. The predicted octanol–water partition coefficient (Wildman–Crippen LogP) is 3.99. The van der Waals surface area contributed by atoms with E-state index in [1.165, 1.54) is 0 Å². The average molecular weight is 443 g/mol. The molecule has 1 aliphatic rings. The minimum absolute atomic E-state index is 0.203. The van der Waals surface area contributed by atoms with Crippen molar-refractivity contribution in [1.82, 2.24) is 5.32 Å². The van der Waals surface area contributed by atoms with E-state index in [9.17, 15) is 14.4 Å². The van der Waals surface area contributed by atoms with Gasteiger partial charge in [0.15, 0.2) is 6.61 Å². The molecule has 0 spiro atoms. The Hall–Kier alpha value is -2.86. The van der Waals surface area contributed by atoms with Gasteiger partial charge in [-0.15, -0.1) is 0 Å². The van der Waals surface area contributed by atoms with Gasteiger partial charge in [-0.3, -0.25) is 14.4 Å². The molecule has 0 bridgehead atoms. The van der Waals surface area contributed by atoms with Crippen LogP contribution in [0.4, 0.5) is 5.69 Å². The molecule has 2 aromatic carbocycles. The monoisotopic (exact) mass is 442 g/mol. The molecule has 0 radical (unpaired) electrons. The van der Waals surface area contributed by atoms with Crippen LogP contribution in [0.25, 0.3) is 0 Å². The van der Waals surface area contributed by atoms with E-state index < -0.39 is 23.9 Å². The van der Waals surface area contributed by atoms with Gasteiger partial charge in [0, 0.05) is 10.7 Å². The Kier molecular flexibility index (Phi) is 7.01. The third-order valence-electron chi connectivity index (χ3n) is 5.72. The molecule has 6 nitrogen and oxygen atoms in total. The van der Waals surface area contributed by atoms with Crippen molar-refractivity contribution in [3.8, 4) is 0 Å². The van der Waals surface area contributed by atoms with Crippen LogP contribution in [-0.4, -0.2) is 30.9 Å². The summed E-state index contributed by atoms with van der Waals surface area (Å²) in [5, 5.41) is 5.92. The lowest BCUT2D eigenvalue weighted by molar-refractivity contribution is -0.157. The molecule has 0 heterocycles. The van der Waals surface area contributed by atoms with Gasteiger partial charge in [0.25, 0.3) is 5.91 Å². The Morgan fingerprint density at radius 3 is 2.16 bits per heavy atom. The van der Waals surface area contributed by atoms with E-state index in [1.54, 1.807) is 12.1 Å². The SMILES string of the molecule is Cc1cc(C)c(NC(=O)CNC(=O)COC(=O)C2(c3ccc(Cl)cc3)CCC2)c(C)c1. The highest BCUT2D eigenvalue weighted by molar-refractivity contribution is 6.30. The van der Waals surface area contributed by atoms with Gasteiger partial charge in [0.05, 0.1) is 12.0 Å². The van der Waals surface area contributed by atoms with Crippen molar-refractivity contribution in [3.05, 3.63) is 63.7 Å². The zero-order valence-corrected chi connectivity index (χ0v) is 18.8. The zero-order chi connectivity index (χ0) is 22.6. The second kappa shape index (κ2) is 9.52. The van der Waals surface area contributed by atoms with Crippen molar-refractivity contribution in [3.63, 3.8) is 0 Å². The van der Waals surface area contributed by atoms with Crippen LogP contribution in [-0.2, 0) is 24.5 Å². The normalized spacial score (nSPS) is 14.3. The van der Waals surface area contributed by atoms with E-state index in [0.29, 0.717) is 17.9 Å². The highest BCUT2D eigenvalue weighted by Crippen LogP contribution is 2.45. The number of carbonyl (C=O) groups is 3. The van der Waals surface area contributed by atoms with Crippen molar-refractivity contribution in [2.24, 2.45) is 0 Å². The van der Waals surface area contributed by atoms with Crippen molar-refractivity contribution >= 4 is 35.1 Å². The summed E-state index contributed by atoms with van der Waals surface area (Å²) in [5.74, 6) is -1.29. The number of nitrogens with one attached hydrogen (secondary N) is 2. The van der Waals surface area contributed by atoms with Gasteiger partial charge in [0.1, 0.15) is 0 Å². The number of carbonyl (C=O) groups excluding carboxylic acids is 3. The van der Waals surface area contributed by atoms with E-state index in [2.05, 4.69) is 10.6 Å². The summed E-state index contributed by atoms with van der Waals surface area (Å²) in [6.45, 7) is 5.21. The largest absolute Gasteiger partial charge is 0.455 e. The van der Waals surface area contributed by atoms with Gasteiger partial charge in [-0.05, 0) is 62.4 Å². The van der Waals surface area contributed by atoms with E-state index in [-0.39, 0.29) is 12.5 Å². The van der Waals surface area contributed by atoms with Gasteiger partial charge in [-0.25, -0.2) is 0 Å². The smallest absolute Gasteiger partial charge is 0.317 e. The Balaban J connectivity index is 1.49. The van der Waals surface area contributed by atoms with Crippen LogP contribution >= 0.6 is 11.6 Å². The van der Waals surface area contributed by atoms with Crippen LogP contribution in [0.15, 0.2) is 36.4 Å². The van der Waals surface area contributed by atoms with Crippen molar-refractivity contribution in [2.45, 2.75) is 45.4 Å². The highest BCUT2D eigenvalue weighted by atomic mass is 35.5. The minimum Gasteiger partial charge on any atom is -0.455 e. The van der Waals surface area contributed by atoms with Crippen LogP contribution in [0.5, 0.6) is 0 Å². The van der Waals surface area contributed by atoms with Crippen molar-refractivity contribution in [1.29, 1.82) is 0 Å². The number of benzene rings is 2. The topological polar surface area (TPSA) is 84.5 Å². The number of anilines is 1. The fourth-order valence-electron chi connectivity index (χ4n) is 3.97. The number of rotatable bonds is 7. The van der Waals surface area contributed by atoms with Crippen LogP contribution in [0.1, 0.15) is 41.5 Å². The summed E-state index contributed by atoms with van der Waals surface area (Å²) in [4.78, 5) is 37.0. The lowest BCUT2D eigenvalue weighted by atomic mass is 9.64.